The van der Waals surface area contributed by atoms with Crippen LogP contribution >= 0.6 is 12.4 Å². The summed E-state index contributed by atoms with van der Waals surface area (Å²) in [5, 5.41) is 3.08. The third-order valence-corrected chi connectivity index (χ3v) is 3.69. The van der Waals surface area contributed by atoms with Gasteiger partial charge >= 0.3 is 0 Å². The van der Waals surface area contributed by atoms with Gasteiger partial charge < -0.3 is 20.7 Å². The molecule has 1 aliphatic heterocycles. The number of likely N-dealkylation sites (tertiary alicyclic amines) is 1. The Morgan fingerprint density at radius 3 is 2.65 bits per heavy atom. The summed E-state index contributed by atoms with van der Waals surface area (Å²) in [6.07, 6.45) is 4.85. The zero-order valence-corrected chi connectivity index (χ0v) is 13.6. The van der Waals surface area contributed by atoms with E-state index in [1.165, 1.54) is 0 Å². The van der Waals surface area contributed by atoms with E-state index in [-0.39, 0.29) is 24.4 Å². The van der Waals surface area contributed by atoms with Gasteiger partial charge in [-0.3, -0.25) is 4.79 Å². The lowest BCUT2D eigenvalue weighted by atomic mass is 10.0. The zero-order chi connectivity index (χ0) is 14.1. The van der Waals surface area contributed by atoms with E-state index in [0.29, 0.717) is 6.04 Å². The van der Waals surface area contributed by atoms with Crippen LogP contribution in [-0.4, -0.2) is 56.2 Å². The topological polar surface area (TPSA) is 67.6 Å². The molecule has 0 bridgehead atoms. The molecule has 1 saturated heterocycles. The lowest BCUT2D eigenvalue weighted by Crippen LogP contribution is -2.49. The normalized spacial score (nSPS) is 18.4. The molecule has 0 aromatic carbocycles. The Morgan fingerprint density at radius 1 is 1.45 bits per heavy atom. The second-order valence-corrected chi connectivity index (χ2v) is 5.37. The van der Waals surface area contributed by atoms with Crippen LogP contribution in [0.3, 0.4) is 0 Å². The number of carbonyl (C=O) groups is 1. The van der Waals surface area contributed by atoms with Gasteiger partial charge in [0.15, 0.2) is 0 Å². The predicted molar refractivity (Wildman–Crippen MR) is 84.2 cm³/mol. The van der Waals surface area contributed by atoms with E-state index < -0.39 is 0 Å². The number of carbonyl (C=O) groups excluding carboxylic acids is 1. The molecule has 0 aromatic heterocycles. The molecule has 6 heteroatoms. The van der Waals surface area contributed by atoms with Gasteiger partial charge in [0.1, 0.15) is 0 Å². The number of nitrogens with two attached hydrogens (primary N) is 1. The first-order chi connectivity index (χ1) is 9.17. The Bertz CT molecular complexity index is 259. The molecular weight excluding hydrogens is 278 g/mol. The molecule has 1 aliphatic rings. The van der Waals surface area contributed by atoms with Crippen LogP contribution < -0.4 is 11.1 Å². The van der Waals surface area contributed by atoms with Crippen LogP contribution in [0, 0.1) is 0 Å². The number of hydrogen-bond donors (Lipinski definition) is 2. The SMILES string of the molecule is CCCC(N)C(=O)NC1CCN(CCCOC)CC1.Cl. The van der Waals surface area contributed by atoms with E-state index in [2.05, 4.69) is 10.2 Å². The van der Waals surface area contributed by atoms with Gasteiger partial charge in [0.2, 0.25) is 5.91 Å². The fraction of sp³-hybridized carbons (Fsp3) is 0.929. The quantitative estimate of drug-likeness (QED) is 0.660. The van der Waals surface area contributed by atoms with Crippen LogP contribution in [0.2, 0.25) is 0 Å². The summed E-state index contributed by atoms with van der Waals surface area (Å²) in [5.41, 5.74) is 5.82. The number of amides is 1. The average Bonchev–Trinajstić information content (AvgIpc) is 2.41. The monoisotopic (exact) mass is 307 g/mol. The molecule has 0 saturated carbocycles. The van der Waals surface area contributed by atoms with Crippen molar-refractivity contribution in [1.29, 1.82) is 0 Å². The fourth-order valence-electron chi connectivity index (χ4n) is 2.48. The van der Waals surface area contributed by atoms with Crippen LogP contribution in [0.25, 0.3) is 0 Å². The minimum atomic E-state index is -0.343. The van der Waals surface area contributed by atoms with Crippen molar-refractivity contribution < 1.29 is 9.53 Å². The molecule has 1 fully saturated rings. The number of methoxy groups -OCH3 is 1. The fourth-order valence-corrected chi connectivity index (χ4v) is 2.48. The zero-order valence-electron chi connectivity index (χ0n) is 12.8. The molecule has 3 N–H and O–H groups in total. The molecule has 1 rings (SSSR count). The van der Waals surface area contributed by atoms with E-state index in [0.717, 1.165) is 58.3 Å². The first kappa shape index (κ1) is 19.6. The van der Waals surface area contributed by atoms with Crippen LogP contribution in [-0.2, 0) is 9.53 Å². The molecule has 1 atom stereocenters. The Kier molecular flexibility index (Phi) is 11.1. The standard InChI is InChI=1S/C14H29N3O2.ClH/c1-3-5-13(15)14(18)16-12-6-9-17(10-7-12)8-4-11-19-2;/h12-13H,3-11,15H2,1-2H3,(H,16,18);1H. The molecule has 1 amide bonds. The molecule has 5 nitrogen and oxygen atoms in total. The van der Waals surface area contributed by atoms with Crippen LogP contribution in [0.1, 0.15) is 39.0 Å². The van der Waals surface area contributed by atoms with E-state index in [4.69, 9.17) is 10.5 Å². The summed E-state index contributed by atoms with van der Waals surface area (Å²) in [7, 11) is 1.74. The van der Waals surface area contributed by atoms with Crippen molar-refractivity contribution in [2.75, 3.05) is 33.4 Å². The third-order valence-electron chi connectivity index (χ3n) is 3.69. The van der Waals surface area contributed by atoms with Crippen LogP contribution in [0.15, 0.2) is 0 Å². The number of halogens is 1. The van der Waals surface area contributed by atoms with Crippen molar-refractivity contribution in [1.82, 2.24) is 10.2 Å². The molecule has 1 heterocycles. The van der Waals surface area contributed by atoms with Gasteiger partial charge in [0.25, 0.3) is 0 Å². The van der Waals surface area contributed by atoms with Crippen molar-refractivity contribution in [2.45, 2.75) is 51.1 Å². The van der Waals surface area contributed by atoms with Gasteiger partial charge in [-0.1, -0.05) is 13.3 Å². The molecular formula is C14H30ClN3O2. The van der Waals surface area contributed by atoms with Gasteiger partial charge in [0, 0.05) is 39.4 Å². The summed E-state index contributed by atoms with van der Waals surface area (Å²) in [5.74, 6) is 0.0136. The van der Waals surface area contributed by atoms with Crippen molar-refractivity contribution in [3.8, 4) is 0 Å². The highest BCUT2D eigenvalue weighted by Gasteiger charge is 2.22. The molecule has 1 unspecified atom stereocenters. The van der Waals surface area contributed by atoms with Gasteiger partial charge in [0.05, 0.1) is 6.04 Å². The number of nitrogens with one attached hydrogen (secondary N) is 1. The highest BCUT2D eigenvalue weighted by molar-refractivity contribution is 5.85. The molecule has 0 aliphatic carbocycles. The lowest BCUT2D eigenvalue weighted by Gasteiger charge is -2.32. The number of piperidine rings is 1. The van der Waals surface area contributed by atoms with E-state index >= 15 is 0 Å². The smallest absolute Gasteiger partial charge is 0.237 e. The second kappa shape index (κ2) is 11.3. The maximum atomic E-state index is 11.8. The largest absolute Gasteiger partial charge is 0.385 e. The number of ether oxygens (including phenoxy) is 1. The number of hydrogen-bond acceptors (Lipinski definition) is 4. The third kappa shape index (κ3) is 7.43. The van der Waals surface area contributed by atoms with Gasteiger partial charge in [-0.05, 0) is 25.7 Å². The minimum absolute atomic E-state index is 0. The maximum absolute atomic E-state index is 11.8. The van der Waals surface area contributed by atoms with Crippen molar-refractivity contribution in [3.63, 3.8) is 0 Å². The Balaban J connectivity index is 0.00000361. The highest BCUT2D eigenvalue weighted by atomic mass is 35.5. The van der Waals surface area contributed by atoms with Crippen molar-refractivity contribution in [3.05, 3.63) is 0 Å². The molecule has 0 spiro atoms. The predicted octanol–water partition coefficient (Wildman–Crippen LogP) is 1.15. The van der Waals surface area contributed by atoms with Crippen LogP contribution in [0.4, 0.5) is 0 Å². The Labute approximate surface area is 129 Å². The van der Waals surface area contributed by atoms with Crippen LogP contribution in [0.5, 0.6) is 0 Å². The average molecular weight is 308 g/mol. The molecule has 20 heavy (non-hydrogen) atoms. The molecule has 120 valence electrons. The first-order valence-electron chi connectivity index (χ1n) is 7.44. The Morgan fingerprint density at radius 2 is 2.10 bits per heavy atom. The molecule has 0 aromatic rings. The second-order valence-electron chi connectivity index (χ2n) is 5.37. The molecule has 0 radical (unpaired) electrons. The number of nitrogens with zero attached hydrogens (tertiary/aromatic N) is 1. The minimum Gasteiger partial charge on any atom is -0.385 e. The van der Waals surface area contributed by atoms with Crippen molar-refractivity contribution in [2.24, 2.45) is 5.73 Å². The van der Waals surface area contributed by atoms with E-state index in [1.54, 1.807) is 7.11 Å². The highest BCUT2D eigenvalue weighted by Crippen LogP contribution is 2.11. The summed E-state index contributed by atoms with van der Waals surface area (Å²) < 4.78 is 5.06. The van der Waals surface area contributed by atoms with Gasteiger partial charge in [-0.25, -0.2) is 0 Å². The lowest BCUT2D eigenvalue weighted by molar-refractivity contribution is -0.123. The maximum Gasteiger partial charge on any atom is 0.237 e. The van der Waals surface area contributed by atoms with Crippen molar-refractivity contribution >= 4 is 18.3 Å². The Hall–Kier alpha value is -0.360. The number of rotatable bonds is 8. The summed E-state index contributed by atoms with van der Waals surface area (Å²) in [6.45, 7) is 6.06. The van der Waals surface area contributed by atoms with Gasteiger partial charge in [-0.2, -0.15) is 0 Å². The summed E-state index contributed by atoms with van der Waals surface area (Å²) in [6, 6.07) is -0.0428. The summed E-state index contributed by atoms with van der Waals surface area (Å²) in [4.78, 5) is 14.3. The van der Waals surface area contributed by atoms with Gasteiger partial charge in [-0.15, -0.1) is 12.4 Å². The van der Waals surface area contributed by atoms with E-state index in [1.807, 2.05) is 6.92 Å². The van der Waals surface area contributed by atoms with E-state index in [9.17, 15) is 4.79 Å². The first-order valence-corrected chi connectivity index (χ1v) is 7.44. The summed E-state index contributed by atoms with van der Waals surface area (Å²) >= 11 is 0.